The molecule has 2 aromatic rings. The maximum absolute atomic E-state index is 8.83. The van der Waals surface area contributed by atoms with Crippen molar-refractivity contribution in [1.29, 1.82) is 0 Å². The van der Waals surface area contributed by atoms with Crippen LogP contribution in [0.5, 0.6) is 0 Å². The van der Waals surface area contributed by atoms with E-state index in [1.807, 2.05) is 25.3 Å². The van der Waals surface area contributed by atoms with Crippen LogP contribution in [0.15, 0.2) is 29.0 Å². The number of hydrogen-bond donors (Lipinski definition) is 2. The molecule has 1 aromatic carbocycles. The summed E-state index contributed by atoms with van der Waals surface area (Å²) >= 11 is 9.62. The molecule has 0 fully saturated rings. The molecule has 4 nitrogen and oxygen atoms in total. The van der Waals surface area contributed by atoms with E-state index < -0.39 is 0 Å². The second kappa shape index (κ2) is 6.41. The van der Waals surface area contributed by atoms with Gasteiger partial charge < -0.3 is 10.4 Å². The molecule has 0 aliphatic heterocycles. The summed E-state index contributed by atoms with van der Waals surface area (Å²) in [7, 11) is 0. The fourth-order valence-corrected chi connectivity index (χ4v) is 2.46. The monoisotopic (exact) mass is 343 g/mol. The van der Waals surface area contributed by atoms with Gasteiger partial charge in [0.2, 0.25) is 0 Å². The predicted molar refractivity (Wildman–Crippen MR) is 80.5 cm³/mol. The summed E-state index contributed by atoms with van der Waals surface area (Å²) in [5.41, 5.74) is 3.04. The molecule has 0 atom stereocenters. The lowest BCUT2D eigenvalue weighted by atomic mass is 10.2. The third kappa shape index (κ3) is 3.72. The molecule has 0 saturated heterocycles. The van der Waals surface area contributed by atoms with Crippen molar-refractivity contribution in [3.05, 3.63) is 45.1 Å². The fourth-order valence-electron chi connectivity index (χ4n) is 1.70. The zero-order valence-electron chi connectivity index (χ0n) is 10.5. The van der Waals surface area contributed by atoms with Crippen molar-refractivity contribution in [1.82, 2.24) is 9.78 Å². The van der Waals surface area contributed by atoms with Crippen LogP contribution in [-0.2, 0) is 13.1 Å². The molecule has 6 heteroatoms. The number of rotatable bonds is 5. The zero-order chi connectivity index (χ0) is 13.8. The Bertz CT molecular complexity index is 571. The number of benzene rings is 1. The molecule has 0 aliphatic carbocycles. The Morgan fingerprint density at radius 1 is 1.47 bits per heavy atom. The van der Waals surface area contributed by atoms with Crippen LogP contribution in [0.25, 0.3) is 0 Å². The van der Waals surface area contributed by atoms with E-state index >= 15 is 0 Å². The number of nitrogens with zero attached hydrogens (tertiary/aromatic N) is 2. The molecule has 1 heterocycles. The van der Waals surface area contributed by atoms with Gasteiger partial charge in [0.15, 0.2) is 0 Å². The SMILES string of the molecule is Cc1cc(Br)c(NCc2cnn(CCO)c2)cc1Cl. The van der Waals surface area contributed by atoms with E-state index in [0.717, 1.165) is 26.3 Å². The van der Waals surface area contributed by atoms with Crippen molar-refractivity contribution < 1.29 is 5.11 Å². The number of aliphatic hydroxyl groups is 1. The second-order valence-electron chi connectivity index (χ2n) is 4.27. The molecule has 1 aromatic heterocycles. The van der Waals surface area contributed by atoms with Crippen molar-refractivity contribution in [2.45, 2.75) is 20.0 Å². The molecule has 102 valence electrons. The van der Waals surface area contributed by atoms with Gasteiger partial charge in [-0.3, -0.25) is 4.68 Å². The summed E-state index contributed by atoms with van der Waals surface area (Å²) in [5.74, 6) is 0. The quantitative estimate of drug-likeness (QED) is 0.875. The Morgan fingerprint density at radius 3 is 3.00 bits per heavy atom. The first-order valence-electron chi connectivity index (χ1n) is 5.92. The van der Waals surface area contributed by atoms with Crippen LogP contribution in [0, 0.1) is 6.92 Å². The van der Waals surface area contributed by atoms with Gasteiger partial charge in [-0.2, -0.15) is 5.10 Å². The molecule has 0 aliphatic rings. The molecular formula is C13H15BrClN3O. The first kappa shape index (κ1) is 14.4. The summed E-state index contributed by atoms with van der Waals surface area (Å²) in [6.07, 6.45) is 3.69. The average Bonchev–Trinajstić information content (AvgIpc) is 2.80. The molecule has 0 bridgehead atoms. The predicted octanol–water partition coefficient (Wildman–Crippen LogP) is 3.21. The highest BCUT2D eigenvalue weighted by Crippen LogP contribution is 2.29. The molecule has 2 rings (SSSR count). The summed E-state index contributed by atoms with van der Waals surface area (Å²) in [6, 6.07) is 3.89. The summed E-state index contributed by atoms with van der Waals surface area (Å²) in [5, 5.41) is 17.0. The van der Waals surface area contributed by atoms with Gasteiger partial charge in [-0.05, 0) is 40.5 Å². The highest BCUT2D eigenvalue weighted by Gasteiger charge is 2.05. The minimum atomic E-state index is 0.0909. The van der Waals surface area contributed by atoms with Gasteiger partial charge >= 0.3 is 0 Å². The van der Waals surface area contributed by atoms with Crippen LogP contribution < -0.4 is 5.32 Å². The molecule has 2 N–H and O–H groups in total. The molecular weight excluding hydrogens is 330 g/mol. The first-order valence-corrected chi connectivity index (χ1v) is 7.09. The van der Waals surface area contributed by atoms with Crippen molar-refractivity contribution in [2.24, 2.45) is 0 Å². The topological polar surface area (TPSA) is 50.1 Å². The maximum atomic E-state index is 8.83. The van der Waals surface area contributed by atoms with Crippen LogP contribution in [0.4, 0.5) is 5.69 Å². The van der Waals surface area contributed by atoms with E-state index in [9.17, 15) is 0 Å². The summed E-state index contributed by atoms with van der Waals surface area (Å²) in [4.78, 5) is 0. The molecule has 0 saturated carbocycles. The number of hydrogen-bond acceptors (Lipinski definition) is 3. The lowest BCUT2D eigenvalue weighted by Crippen LogP contribution is -2.02. The van der Waals surface area contributed by atoms with Gasteiger partial charge in [0, 0.05) is 27.8 Å². The number of aromatic nitrogens is 2. The van der Waals surface area contributed by atoms with Gasteiger partial charge in [-0.15, -0.1) is 0 Å². The van der Waals surface area contributed by atoms with Crippen LogP contribution in [0.1, 0.15) is 11.1 Å². The fraction of sp³-hybridized carbons (Fsp3) is 0.308. The highest BCUT2D eigenvalue weighted by molar-refractivity contribution is 9.10. The molecule has 0 radical (unpaired) electrons. The Kier molecular flexibility index (Phi) is 4.85. The van der Waals surface area contributed by atoms with E-state index in [4.69, 9.17) is 16.7 Å². The van der Waals surface area contributed by atoms with E-state index in [1.165, 1.54) is 0 Å². The normalized spacial score (nSPS) is 10.7. The third-order valence-corrected chi connectivity index (χ3v) is 3.81. The van der Waals surface area contributed by atoms with Crippen LogP contribution in [0.2, 0.25) is 5.02 Å². The van der Waals surface area contributed by atoms with E-state index in [1.54, 1.807) is 10.9 Å². The van der Waals surface area contributed by atoms with Gasteiger partial charge in [0.25, 0.3) is 0 Å². The van der Waals surface area contributed by atoms with Gasteiger partial charge in [-0.1, -0.05) is 11.6 Å². The van der Waals surface area contributed by atoms with Crippen LogP contribution in [-0.4, -0.2) is 21.5 Å². The van der Waals surface area contributed by atoms with Crippen molar-refractivity contribution in [2.75, 3.05) is 11.9 Å². The molecule has 0 spiro atoms. The lowest BCUT2D eigenvalue weighted by molar-refractivity contribution is 0.269. The Labute approximate surface area is 125 Å². The van der Waals surface area contributed by atoms with Gasteiger partial charge in [-0.25, -0.2) is 0 Å². The Morgan fingerprint density at radius 2 is 2.26 bits per heavy atom. The van der Waals surface area contributed by atoms with Crippen LogP contribution in [0.3, 0.4) is 0 Å². The zero-order valence-corrected chi connectivity index (χ0v) is 12.9. The summed E-state index contributed by atoms with van der Waals surface area (Å²) in [6.45, 7) is 3.23. The smallest absolute Gasteiger partial charge is 0.0640 e. The highest BCUT2D eigenvalue weighted by atomic mass is 79.9. The standard InChI is InChI=1S/C13H15BrClN3O/c1-9-4-11(14)13(5-12(9)15)16-6-10-7-17-18(8-10)2-3-19/h4-5,7-8,16,19H,2-3,6H2,1H3. The largest absolute Gasteiger partial charge is 0.394 e. The second-order valence-corrected chi connectivity index (χ2v) is 5.53. The number of aryl methyl sites for hydroxylation is 1. The van der Waals surface area contributed by atoms with Crippen LogP contribution >= 0.6 is 27.5 Å². The van der Waals surface area contributed by atoms with Crippen molar-refractivity contribution in [3.63, 3.8) is 0 Å². The maximum Gasteiger partial charge on any atom is 0.0640 e. The first-order chi connectivity index (χ1) is 9.10. The number of aliphatic hydroxyl groups excluding tert-OH is 1. The minimum absolute atomic E-state index is 0.0909. The minimum Gasteiger partial charge on any atom is -0.394 e. The Hall–Kier alpha value is -1.04. The average molecular weight is 345 g/mol. The van der Waals surface area contributed by atoms with Crippen molar-refractivity contribution >= 4 is 33.2 Å². The van der Waals surface area contributed by atoms with E-state index in [0.29, 0.717) is 13.1 Å². The molecule has 0 unspecified atom stereocenters. The van der Waals surface area contributed by atoms with Gasteiger partial charge in [0.1, 0.15) is 0 Å². The van der Waals surface area contributed by atoms with E-state index in [2.05, 4.69) is 26.3 Å². The number of halogens is 2. The lowest BCUT2D eigenvalue weighted by Gasteiger charge is -2.09. The number of anilines is 1. The Balaban J connectivity index is 2.03. The molecule has 19 heavy (non-hydrogen) atoms. The van der Waals surface area contributed by atoms with Gasteiger partial charge in [0.05, 0.1) is 25.0 Å². The summed E-state index contributed by atoms with van der Waals surface area (Å²) < 4.78 is 2.70. The van der Waals surface area contributed by atoms with E-state index in [-0.39, 0.29) is 6.61 Å². The number of nitrogens with one attached hydrogen (secondary N) is 1. The van der Waals surface area contributed by atoms with Crippen molar-refractivity contribution in [3.8, 4) is 0 Å². The molecule has 0 amide bonds. The third-order valence-electron chi connectivity index (χ3n) is 2.75.